The van der Waals surface area contributed by atoms with Crippen LogP contribution in [0, 0.1) is 23.2 Å². The molecule has 2 heteroatoms. The first kappa shape index (κ1) is 14.1. The van der Waals surface area contributed by atoms with Crippen LogP contribution in [0.25, 0.3) is 0 Å². The average Bonchev–Trinajstić information content (AvgIpc) is 2.45. The van der Waals surface area contributed by atoms with Gasteiger partial charge in [-0.1, -0.05) is 23.7 Å². The van der Waals surface area contributed by atoms with Gasteiger partial charge in [0.25, 0.3) is 0 Å². The predicted molar refractivity (Wildman–Crippen MR) is 88.6 cm³/mol. The van der Waals surface area contributed by atoms with Gasteiger partial charge in [-0.15, -0.1) is 0 Å². The lowest BCUT2D eigenvalue weighted by molar-refractivity contribution is -0.0724. The molecule has 1 aromatic rings. The molecule has 0 aliphatic heterocycles. The minimum Gasteiger partial charge on any atom is -0.316 e. The van der Waals surface area contributed by atoms with Crippen molar-refractivity contribution in [2.24, 2.45) is 23.2 Å². The molecule has 21 heavy (non-hydrogen) atoms. The van der Waals surface area contributed by atoms with Crippen molar-refractivity contribution in [1.82, 2.24) is 5.32 Å². The fourth-order valence-corrected chi connectivity index (χ4v) is 6.21. The van der Waals surface area contributed by atoms with Crippen LogP contribution in [0.1, 0.15) is 44.1 Å². The van der Waals surface area contributed by atoms with E-state index < -0.39 is 0 Å². The average molecular weight is 304 g/mol. The van der Waals surface area contributed by atoms with Gasteiger partial charge in [-0.2, -0.15) is 0 Å². The van der Waals surface area contributed by atoms with Gasteiger partial charge in [0.1, 0.15) is 0 Å². The third kappa shape index (κ3) is 2.53. The van der Waals surface area contributed by atoms with E-state index >= 15 is 0 Å². The molecule has 4 bridgehead atoms. The summed E-state index contributed by atoms with van der Waals surface area (Å²) in [7, 11) is 2.17. The van der Waals surface area contributed by atoms with Gasteiger partial charge in [-0.05, 0) is 92.9 Å². The number of halogens is 1. The van der Waals surface area contributed by atoms with Crippen LogP contribution in [-0.2, 0) is 6.42 Å². The van der Waals surface area contributed by atoms with Crippen LogP contribution in [0.3, 0.4) is 0 Å². The van der Waals surface area contributed by atoms with Crippen LogP contribution in [0.2, 0.25) is 5.02 Å². The van der Waals surface area contributed by atoms with Crippen molar-refractivity contribution >= 4 is 11.6 Å². The summed E-state index contributed by atoms with van der Waals surface area (Å²) in [5.74, 6) is 3.08. The van der Waals surface area contributed by atoms with E-state index in [1.807, 2.05) is 12.1 Å². The molecule has 1 nitrogen and oxygen atoms in total. The molecule has 0 aromatic heterocycles. The quantitative estimate of drug-likeness (QED) is 0.851. The van der Waals surface area contributed by atoms with Crippen LogP contribution < -0.4 is 5.32 Å². The van der Waals surface area contributed by atoms with Crippen molar-refractivity contribution in [2.75, 3.05) is 7.05 Å². The summed E-state index contributed by atoms with van der Waals surface area (Å²) in [6.07, 6.45) is 10.1. The normalized spacial score (nSPS) is 38.7. The maximum absolute atomic E-state index is 6.02. The molecule has 1 atom stereocenters. The molecule has 4 fully saturated rings. The van der Waals surface area contributed by atoms with E-state index in [-0.39, 0.29) is 0 Å². The predicted octanol–water partition coefficient (Wildman–Crippen LogP) is 4.69. The Kier molecular flexibility index (Phi) is 3.54. The van der Waals surface area contributed by atoms with E-state index in [1.165, 1.54) is 44.1 Å². The van der Waals surface area contributed by atoms with Crippen LogP contribution in [0.5, 0.6) is 0 Å². The molecular formula is C19H26ClN. The highest BCUT2D eigenvalue weighted by atomic mass is 35.5. The molecule has 0 spiro atoms. The molecule has 0 heterocycles. The zero-order valence-corrected chi connectivity index (χ0v) is 13.7. The fraction of sp³-hybridized carbons (Fsp3) is 0.684. The third-order valence-corrected chi connectivity index (χ3v) is 6.78. The lowest BCUT2D eigenvalue weighted by Gasteiger charge is -2.59. The van der Waals surface area contributed by atoms with Gasteiger partial charge < -0.3 is 5.32 Å². The summed E-state index contributed by atoms with van der Waals surface area (Å²) in [4.78, 5) is 0. The summed E-state index contributed by atoms with van der Waals surface area (Å²) < 4.78 is 0. The van der Waals surface area contributed by atoms with Crippen LogP contribution in [0.4, 0.5) is 0 Å². The zero-order valence-electron chi connectivity index (χ0n) is 12.9. The Bertz CT molecular complexity index is 472. The van der Waals surface area contributed by atoms with Gasteiger partial charge in [0.15, 0.2) is 0 Å². The molecule has 0 radical (unpaired) electrons. The highest BCUT2D eigenvalue weighted by Crippen LogP contribution is 2.61. The van der Waals surface area contributed by atoms with Gasteiger partial charge in [-0.3, -0.25) is 0 Å². The molecule has 4 aliphatic rings. The van der Waals surface area contributed by atoms with Crippen molar-refractivity contribution in [1.29, 1.82) is 0 Å². The van der Waals surface area contributed by atoms with E-state index in [0.717, 1.165) is 29.2 Å². The summed E-state index contributed by atoms with van der Waals surface area (Å²) in [5, 5.41) is 4.53. The second-order valence-electron chi connectivity index (χ2n) is 7.95. The lowest BCUT2D eigenvalue weighted by Crippen LogP contribution is -2.56. The molecule has 0 amide bonds. The van der Waals surface area contributed by atoms with E-state index in [2.05, 4.69) is 24.5 Å². The number of likely N-dealkylation sites (N-methyl/N-ethyl adjacent to an activating group) is 1. The molecule has 114 valence electrons. The highest BCUT2D eigenvalue weighted by molar-refractivity contribution is 6.30. The van der Waals surface area contributed by atoms with Crippen molar-refractivity contribution in [3.8, 4) is 0 Å². The van der Waals surface area contributed by atoms with Gasteiger partial charge in [-0.25, -0.2) is 0 Å². The second-order valence-corrected chi connectivity index (χ2v) is 8.39. The topological polar surface area (TPSA) is 12.0 Å². The minimum atomic E-state index is 0.573. The van der Waals surface area contributed by atoms with E-state index in [4.69, 9.17) is 11.6 Å². The lowest BCUT2D eigenvalue weighted by atomic mass is 9.47. The maximum atomic E-state index is 6.02. The first-order chi connectivity index (χ1) is 10.2. The third-order valence-electron chi connectivity index (χ3n) is 6.53. The Morgan fingerprint density at radius 2 is 1.57 bits per heavy atom. The first-order valence-electron chi connectivity index (χ1n) is 8.58. The van der Waals surface area contributed by atoms with E-state index in [1.54, 1.807) is 0 Å². The van der Waals surface area contributed by atoms with Gasteiger partial charge in [0, 0.05) is 11.1 Å². The molecule has 5 rings (SSSR count). The Morgan fingerprint density at radius 1 is 1.05 bits per heavy atom. The van der Waals surface area contributed by atoms with Crippen LogP contribution in [-0.4, -0.2) is 13.1 Å². The number of hydrogen-bond donors (Lipinski definition) is 1. The second kappa shape index (κ2) is 5.28. The SMILES string of the molecule is CNC(Cc1ccc(Cl)cc1)C12CC3CC(CC(C3)C1)C2. The van der Waals surface area contributed by atoms with Gasteiger partial charge in [0.05, 0.1) is 0 Å². The summed E-state index contributed by atoms with van der Waals surface area (Å²) in [5.41, 5.74) is 2.00. The van der Waals surface area contributed by atoms with Crippen molar-refractivity contribution in [3.05, 3.63) is 34.9 Å². The Hall–Kier alpha value is -0.530. The fourth-order valence-electron chi connectivity index (χ4n) is 6.09. The standard InChI is InChI=1S/C19H26ClN/c1-21-18(9-13-2-4-17(20)5-3-13)19-10-14-6-15(11-19)8-16(7-14)12-19/h2-5,14-16,18,21H,6-12H2,1H3. The van der Waals surface area contributed by atoms with Crippen LogP contribution >= 0.6 is 11.6 Å². The van der Waals surface area contributed by atoms with E-state index in [0.29, 0.717) is 11.5 Å². The van der Waals surface area contributed by atoms with Crippen molar-refractivity contribution in [2.45, 2.75) is 51.0 Å². The van der Waals surface area contributed by atoms with Crippen molar-refractivity contribution in [3.63, 3.8) is 0 Å². The summed E-state index contributed by atoms with van der Waals surface area (Å²) in [6.45, 7) is 0. The highest BCUT2D eigenvalue weighted by Gasteiger charge is 2.53. The maximum Gasteiger partial charge on any atom is 0.0406 e. The molecule has 1 unspecified atom stereocenters. The van der Waals surface area contributed by atoms with Crippen LogP contribution in [0.15, 0.2) is 24.3 Å². The number of benzene rings is 1. The van der Waals surface area contributed by atoms with Crippen molar-refractivity contribution < 1.29 is 0 Å². The number of hydrogen-bond acceptors (Lipinski definition) is 1. The largest absolute Gasteiger partial charge is 0.316 e. The number of nitrogens with one attached hydrogen (secondary N) is 1. The van der Waals surface area contributed by atoms with Gasteiger partial charge in [0.2, 0.25) is 0 Å². The minimum absolute atomic E-state index is 0.573. The monoisotopic (exact) mass is 303 g/mol. The molecular weight excluding hydrogens is 278 g/mol. The first-order valence-corrected chi connectivity index (χ1v) is 8.96. The van der Waals surface area contributed by atoms with E-state index in [9.17, 15) is 0 Å². The Balaban J connectivity index is 1.56. The number of rotatable bonds is 4. The molecule has 1 aromatic carbocycles. The molecule has 1 N–H and O–H groups in total. The zero-order chi connectivity index (χ0) is 14.4. The molecule has 0 saturated heterocycles. The summed E-state index contributed by atoms with van der Waals surface area (Å²) >= 11 is 6.02. The molecule has 4 aliphatic carbocycles. The Morgan fingerprint density at radius 3 is 2.05 bits per heavy atom. The Labute approximate surface area is 133 Å². The molecule has 4 saturated carbocycles. The van der Waals surface area contributed by atoms with Gasteiger partial charge >= 0.3 is 0 Å². The smallest absolute Gasteiger partial charge is 0.0406 e. The summed E-state index contributed by atoms with van der Waals surface area (Å²) in [6, 6.07) is 9.10.